The fourth-order valence-corrected chi connectivity index (χ4v) is 3.36. The third-order valence-corrected chi connectivity index (χ3v) is 5.22. The van der Waals surface area contributed by atoms with Crippen LogP contribution in [0.25, 0.3) is 0 Å². The maximum absolute atomic E-state index is 12.7. The number of H-pyrrole nitrogens is 2. The van der Waals surface area contributed by atoms with Gasteiger partial charge in [-0.15, -0.1) is 0 Å². The molecule has 0 aliphatic heterocycles. The van der Waals surface area contributed by atoms with E-state index in [9.17, 15) is 19.2 Å². The number of unbranched alkanes of at least 4 members (excludes halogenated alkanes) is 1. The second-order valence-electron chi connectivity index (χ2n) is 6.59. The van der Waals surface area contributed by atoms with Crippen LogP contribution in [0, 0.1) is 6.92 Å². The van der Waals surface area contributed by atoms with E-state index in [-0.39, 0.29) is 29.9 Å². The first-order valence-electron chi connectivity index (χ1n) is 9.24. The van der Waals surface area contributed by atoms with E-state index < -0.39 is 17.2 Å². The third kappa shape index (κ3) is 4.97. The summed E-state index contributed by atoms with van der Waals surface area (Å²) in [5, 5.41) is 0.508. The summed E-state index contributed by atoms with van der Waals surface area (Å²) in [6.07, 6.45) is 3.49. The molecule has 0 fully saturated rings. The zero-order chi connectivity index (χ0) is 21.7. The summed E-state index contributed by atoms with van der Waals surface area (Å²) in [6.45, 7) is 4.02. The summed E-state index contributed by atoms with van der Waals surface area (Å²) < 4.78 is 1.25. The number of hydrogen-bond donors (Lipinski definition) is 3. The number of carbonyl (C=O) groups excluding carboxylic acids is 1. The lowest BCUT2D eigenvalue weighted by Crippen LogP contribution is -2.39. The van der Waals surface area contributed by atoms with Crippen molar-refractivity contribution in [2.75, 3.05) is 23.9 Å². The van der Waals surface area contributed by atoms with Gasteiger partial charge in [-0.1, -0.05) is 25.1 Å². The van der Waals surface area contributed by atoms with E-state index in [1.54, 1.807) is 13.2 Å². The van der Waals surface area contributed by atoms with Gasteiger partial charge in [-0.25, -0.2) is 9.78 Å². The van der Waals surface area contributed by atoms with Crippen molar-refractivity contribution in [3.8, 4) is 0 Å². The third-order valence-electron chi connectivity index (χ3n) is 4.64. The molecule has 0 saturated carbocycles. The molecule has 0 spiro atoms. The lowest BCUT2D eigenvalue weighted by molar-refractivity contribution is -0.118. The molecule has 0 atom stereocenters. The van der Waals surface area contributed by atoms with Crippen molar-refractivity contribution in [3.63, 3.8) is 0 Å². The van der Waals surface area contributed by atoms with Gasteiger partial charge in [0.2, 0.25) is 5.91 Å². The fraction of sp³-hybridized carbons (Fsp3) is 0.500. The maximum atomic E-state index is 12.7. The molecular weight excluding hydrogens is 396 g/mol. The first-order chi connectivity index (χ1) is 13.7. The molecule has 0 aliphatic carbocycles. The molecular formula is C18H26N6O4S. The van der Waals surface area contributed by atoms with Crippen molar-refractivity contribution in [3.05, 3.63) is 42.4 Å². The van der Waals surface area contributed by atoms with E-state index in [4.69, 9.17) is 5.73 Å². The largest absolute Gasteiger partial charge is 0.383 e. The molecule has 1 amide bonds. The molecule has 0 radical (unpaired) electrons. The Balaban J connectivity index is 2.26. The van der Waals surface area contributed by atoms with E-state index in [0.717, 1.165) is 11.3 Å². The van der Waals surface area contributed by atoms with E-state index >= 15 is 0 Å². The number of anilines is 2. The first kappa shape index (κ1) is 22.5. The van der Waals surface area contributed by atoms with Crippen LogP contribution in [0.5, 0.6) is 0 Å². The smallest absolute Gasteiger partial charge is 0.330 e. The number of amides is 1. The Morgan fingerprint density at radius 1 is 1.24 bits per heavy atom. The van der Waals surface area contributed by atoms with Crippen LogP contribution in [0.4, 0.5) is 11.5 Å². The Morgan fingerprint density at radius 2 is 1.93 bits per heavy atom. The molecule has 0 bridgehead atoms. The van der Waals surface area contributed by atoms with Crippen LogP contribution < -0.4 is 27.4 Å². The number of thioether (sulfide) groups is 1. The average Bonchev–Trinajstić information content (AvgIpc) is 2.66. The molecule has 0 unspecified atom stereocenters. The standard InChI is InChI=1S/C18H26N6O4S/c1-5-6-9-24-14(19)13(16(27)22-18(24)28)23(3)12(25)8-7-11-10(2)20-17(29-4)21-15(11)26/h5-9,19H2,1-4H3,(H,20,21,26)(H,22,27,28). The zero-order valence-corrected chi connectivity index (χ0v) is 17.8. The predicted molar refractivity (Wildman–Crippen MR) is 114 cm³/mol. The summed E-state index contributed by atoms with van der Waals surface area (Å²) in [5.41, 5.74) is 5.31. The number of nitrogens with two attached hydrogens (primary N) is 1. The van der Waals surface area contributed by atoms with Gasteiger partial charge in [0.05, 0.1) is 0 Å². The molecule has 0 aliphatic rings. The van der Waals surface area contributed by atoms with E-state index in [0.29, 0.717) is 29.4 Å². The highest BCUT2D eigenvalue weighted by Gasteiger charge is 2.21. The highest BCUT2D eigenvalue weighted by Crippen LogP contribution is 2.17. The van der Waals surface area contributed by atoms with Crippen LogP contribution in [-0.4, -0.2) is 38.7 Å². The summed E-state index contributed by atoms with van der Waals surface area (Å²) in [4.78, 5) is 59.5. The number of hydrogen-bond acceptors (Lipinski definition) is 7. The second-order valence-corrected chi connectivity index (χ2v) is 7.39. The number of aryl methyl sites for hydroxylation is 1. The molecule has 2 rings (SSSR count). The zero-order valence-electron chi connectivity index (χ0n) is 17.0. The number of nitrogens with one attached hydrogen (secondary N) is 2. The SMILES string of the molecule is CCCCn1c(N)c(N(C)C(=O)CCc2c(C)nc(SC)[nH]c2=O)c(=O)[nH]c1=O. The van der Waals surface area contributed by atoms with Gasteiger partial charge < -0.3 is 15.6 Å². The summed E-state index contributed by atoms with van der Waals surface area (Å²) in [6, 6.07) is 0. The Hall–Kier alpha value is -2.82. The Bertz CT molecular complexity index is 1070. The lowest BCUT2D eigenvalue weighted by atomic mass is 10.1. The monoisotopic (exact) mass is 422 g/mol. The van der Waals surface area contributed by atoms with E-state index in [1.165, 1.54) is 23.4 Å². The van der Waals surface area contributed by atoms with Crippen LogP contribution >= 0.6 is 11.8 Å². The van der Waals surface area contributed by atoms with Crippen molar-refractivity contribution >= 4 is 29.2 Å². The highest BCUT2D eigenvalue weighted by molar-refractivity contribution is 7.98. The molecule has 11 heteroatoms. The van der Waals surface area contributed by atoms with Gasteiger partial charge in [-0.05, 0) is 26.0 Å². The Kier molecular flexibility index (Phi) is 7.43. The minimum atomic E-state index is -0.726. The normalized spacial score (nSPS) is 10.9. The Morgan fingerprint density at radius 3 is 2.52 bits per heavy atom. The molecule has 29 heavy (non-hydrogen) atoms. The van der Waals surface area contributed by atoms with Gasteiger partial charge >= 0.3 is 5.69 Å². The van der Waals surface area contributed by atoms with Crippen molar-refractivity contribution in [2.24, 2.45) is 0 Å². The maximum Gasteiger partial charge on any atom is 0.330 e. The fourth-order valence-electron chi connectivity index (χ4n) is 2.94. The number of aromatic amines is 2. The summed E-state index contributed by atoms with van der Waals surface area (Å²) in [5.74, 6) is -0.460. The average molecular weight is 423 g/mol. The van der Waals surface area contributed by atoms with Gasteiger partial charge in [0.1, 0.15) is 5.82 Å². The molecule has 2 aromatic rings. The molecule has 158 valence electrons. The van der Waals surface area contributed by atoms with Crippen molar-refractivity contribution in [1.82, 2.24) is 19.5 Å². The van der Waals surface area contributed by atoms with Gasteiger partial charge in [0.15, 0.2) is 10.8 Å². The van der Waals surface area contributed by atoms with Gasteiger partial charge in [-0.2, -0.15) is 0 Å². The van der Waals surface area contributed by atoms with Crippen LogP contribution in [0.2, 0.25) is 0 Å². The number of nitrogen functional groups attached to an aromatic ring is 1. The second kappa shape index (κ2) is 9.59. The number of nitrogens with zero attached hydrogens (tertiary/aromatic N) is 3. The first-order valence-corrected chi connectivity index (χ1v) is 10.5. The number of carbonyl (C=O) groups is 1. The van der Waals surface area contributed by atoms with Crippen molar-refractivity contribution in [2.45, 2.75) is 51.2 Å². The van der Waals surface area contributed by atoms with Gasteiger partial charge in [0, 0.05) is 31.3 Å². The van der Waals surface area contributed by atoms with E-state index in [1.807, 2.05) is 6.92 Å². The molecule has 4 N–H and O–H groups in total. The van der Waals surface area contributed by atoms with Crippen LogP contribution in [-0.2, 0) is 17.8 Å². The Labute approximate surface area is 171 Å². The van der Waals surface area contributed by atoms with Crippen molar-refractivity contribution < 1.29 is 4.79 Å². The van der Waals surface area contributed by atoms with Crippen LogP contribution in [0.3, 0.4) is 0 Å². The summed E-state index contributed by atoms with van der Waals surface area (Å²) >= 11 is 1.32. The topological polar surface area (TPSA) is 147 Å². The minimum absolute atomic E-state index is 0.0202. The quantitative estimate of drug-likeness (QED) is 0.417. The molecule has 10 nitrogen and oxygen atoms in total. The molecule has 2 aromatic heterocycles. The van der Waals surface area contributed by atoms with Crippen molar-refractivity contribution in [1.29, 1.82) is 0 Å². The van der Waals surface area contributed by atoms with E-state index in [2.05, 4.69) is 15.0 Å². The van der Waals surface area contributed by atoms with Gasteiger partial charge in [0.25, 0.3) is 11.1 Å². The highest BCUT2D eigenvalue weighted by atomic mass is 32.2. The van der Waals surface area contributed by atoms with Crippen LogP contribution in [0.1, 0.15) is 37.4 Å². The molecule has 2 heterocycles. The van der Waals surface area contributed by atoms with Gasteiger partial charge in [-0.3, -0.25) is 23.9 Å². The minimum Gasteiger partial charge on any atom is -0.383 e. The lowest BCUT2D eigenvalue weighted by Gasteiger charge is -2.20. The summed E-state index contributed by atoms with van der Waals surface area (Å²) in [7, 11) is 1.42. The number of aromatic nitrogens is 4. The predicted octanol–water partition coefficient (Wildman–Crippen LogP) is 0.628. The number of rotatable bonds is 8. The van der Waals surface area contributed by atoms with Crippen LogP contribution in [0.15, 0.2) is 19.5 Å². The molecule has 0 saturated heterocycles. The molecule has 0 aromatic carbocycles.